The topological polar surface area (TPSA) is 63.6 Å². The monoisotopic (exact) mass is 459 g/mol. The van der Waals surface area contributed by atoms with Crippen LogP contribution >= 0.6 is 15.9 Å². The fraction of sp³-hybridized carbons (Fsp3) is 0.0417. The Morgan fingerprint density at radius 2 is 1.77 bits per heavy atom. The Hall–Kier alpha value is -3.51. The van der Waals surface area contributed by atoms with Gasteiger partial charge in [-0.15, -0.1) is 0 Å². The zero-order valence-electron chi connectivity index (χ0n) is 16.0. The number of carbonyl (C=O) groups is 1. The summed E-state index contributed by atoms with van der Waals surface area (Å²) in [5, 5.41) is 5.00. The normalized spacial score (nSPS) is 11.0. The molecule has 148 valence electrons. The predicted molar refractivity (Wildman–Crippen MR) is 122 cm³/mol. The van der Waals surface area contributed by atoms with E-state index in [2.05, 4.69) is 31.4 Å². The molecule has 0 aliphatic carbocycles. The van der Waals surface area contributed by atoms with Crippen LogP contribution < -0.4 is 10.2 Å². The molecule has 4 rings (SSSR count). The Morgan fingerprint density at radius 3 is 2.57 bits per heavy atom. The molecule has 0 spiro atoms. The van der Waals surface area contributed by atoms with E-state index in [1.165, 1.54) is 6.21 Å². The Morgan fingerprint density at radius 1 is 0.967 bits per heavy atom. The van der Waals surface area contributed by atoms with Crippen molar-refractivity contribution in [1.82, 2.24) is 10.4 Å². The molecule has 0 fully saturated rings. The fourth-order valence-electron chi connectivity index (χ4n) is 2.88. The lowest BCUT2D eigenvalue weighted by Gasteiger charge is -2.09. The average molecular weight is 460 g/mol. The van der Waals surface area contributed by atoms with Crippen LogP contribution in [0.25, 0.3) is 10.9 Å². The molecule has 0 atom stereocenters. The first-order valence-corrected chi connectivity index (χ1v) is 10.1. The van der Waals surface area contributed by atoms with E-state index in [4.69, 9.17) is 4.74 Å². The van der Waals surface area contributed by atoms with Gasteiger partial charge in [0.1, 0.15) is 17.9 Å². The van der Waals surface area contributed by atoms with Crippen molar-refractivity contribution in [2.45, 2.75) is 6.61 Å². The van der Waals surface area contributed by atoms with Gasteiger partial charge in [0.05, 0.1) is 11.9 Å². The molecular formula is C24H18BrN3O2. The van der Waals surface area contributed by atoms with Gasteiger partial charge in [0, 0.05) is 15.4 Å². The van der Waals surface area contributed by atoms with E-state index in [1.807, 2.05) is 60.7 Å². The summed E-state index contributed by atoms with van der Waals surface area (Å²) in [6.45, 7) is 0.462. The van der Waals surface area contributed by atoms with Crippen LogP contribution in [0.2, 0.25) is 0 Å². The Balaban J connectivity index is 1.48. The zero-order chi connectivity index (χ0) is 20.8. The van der Waals surface area contributed by atoms with E-state index in [1.54, 1.807) is 24.3 Å². The summed E-state index contributed by atoms with van der Waals surface area (Å²) in [4.78, 5) is 16.8. The second-order valence-corrected chi connectivity index (χ2v) is 7.46. The number of nitrogens with zero attached hydrogens (tertiary/aromatic N) is 2. The third-order valence-electron chi connectivity index (χ3n) is 4.41. The number of amides is 1. The van der Waals surface area contributed by atoms with Crippen molar-refractivity contribution >= 4 is 39.0 Å². The number of hydrazone groups is 1. The SMILES string of the molecule is O=C(N/N=C\c1ccc2cccc(OCc3ccccc3)c2n1)c1ccc(Br)cc1. The highest BCUT2D eigenvalue weighted by Crippen LogP contribution is 2.24. The molecule has 0 aliphatic heterocycles. The summed E-state index contributed by atoms with van der Waals surface area (Å²) in [5.41, 5.74) is 5.50. The van der Waals surface area contributed by atoms with E-state index in [0.717, 1.165) is 20.9 Å². The van der Waals surface area contributed by atoms with E-state index >= 15 is 0 Å². The molecule has 1 N–H and O–H groups in total. The van der Waals surface area contributed by atoms with Crippen LogP contribution in [-0.4, -0.2) is 17.1 Å². The van der Waals surface area contributed by atoms with Gasteiger partial charge in [-0.05, 0) is 42.0 Å². The Bertz CT molecular complexity index is 1190. The summed E-state index contributed by atoms with van der Waals surface area (Å²) in [6.07, 6.45) is 1.52. The van der Waals surface area contributed by atoms with Crippen LogP contribution in [0.1, 0.15) is 21.6 Å². The molecule has 1 heterocycles. The van der Waals surface area contributed by atoms with Gasteiger partial charge in [0.2, 0.25) is 0 Å². The van der Waals surface area contributed by atoms with Crippen molar-refractivity contribution in [3.05, 3.63) is 106 Å². The molecule has 3 aromatic carbocycles. The molecular weight excluding hydrogens is 442 g/mol. The van der Waals surface area contributed by atoms with Gasteiger partial charge in [-0.3, -0.25) is 4.79 Å². The first kappa shape index (κ1) is 19.8. The molecule has 0 unspecified atom stereocenters. The van der Waals surface area contributed by atoms with E-state index in [0.29, 0.717) is 23.6 Å². The van der Waals surface area contributed by atoms with Crippen molar-refractivity contribution in [3.8, 4) is 5.75 Å². The highest BCUT2D eigenvalue weighted by Gasteiger charge is 2.06. The number of rotatable bonds is 6. The van der Waals surface area contributed by atoms with Gasteiger partial charge in [0.25, 0.3) is 5.91 Å². The van der Waals surface area contributed by atoms with Crippen LogP contribution in [0.3, 0.4) is 0 Å². The largest absolute Gasteiger partial charge is 0.487 e. The van der Waals surface area contributed by atoms with Crippen LogP contribution in [-0.2, 0) is 6.61 Å². The third-order valence-corrected chi connectivity index (χ3v) is 4.94. The number of ether oxygens (including phenoxy) is 1. The van der Waals surface area contributed by atoms with Gasteiger partial charge in [-0.25, -0.2) is 10.4 Å². The lowest BCUT2D eigenvalue weighted by Crippen LogP contribution is -2.17. The first-order valence-electron chi connectivity index (χ1n) is 9.34. The molecule has 5 nitrogen and oxygen atoms in total. The molecule has 1 aromatic heterocycles. The van der Waals surface area contributed by atoms with E-state index in [9.17, 15) is 4.79 Å². The van der Waals surface area contributed by atoms with Crippen molar-refractivity contribution < 1.29 is 9.53 Å². The molecule has 30 heavy (non-hydrogen) atoms. The van der Waals surface area contributed by atoms with Gasteiger partial charge in [-0.2, -0.15) is 5.10 Å². The Kier molecular flexibility index (Phi) is 6.15. The van der Waals surface area contributed by atoms with Crippen molar-refractivity contribution in [2.24, 2.45) is 5.10 Å². The summed E-state index contributed by atoms with van der Waals surface area (Å²) < 4.78 is 6.90. The van der Waals surface area contributed by atoms with E-state index in [-0.39, 0.29) is 5.91 Å². The highest BCUT2D eigenvalue weighted by molar-refractivity contribution is 9.10. The number of aromatic nitrogens is 1. The van der Waals surface area contributed by atoms with Gasteiger partial charge in [0.15, 0.2) is 0 Å². The molecule has 4 aromatic rings. The zero-order valence-corrected chi connectivity index (χ0v) is 17.5. The fourth-order valence-corrected chi connectivity index (χ4v) is 3.15. The smallest absolute Gasteiger partial charge is 0.271 e. The van der Waals surface area contributed by atoms with E-state index < -0.39 is 0 Å². The average Bonchev–Trinajstić information content (AvgIpc) is 2.78. The minimum atomic E-state index is -0.286. The number of fused-ring (bicyclic) bond motifs is 1. The lowest BCUT2D eigenvalue weighted by molar-refractivity contribution is 0.0955. The number of hydrogen-bond donors (Lipinski definition) is 1. The standard InChI is InChI=1S/C24H18BrN3O2/c25-20-12-9-19(10-13-20)24(29)28-26-15-21-14-11-18-7-4-8-22(23(18)27-21)30-16-17-5-2-1-3-6-17/h1-15H,16H2,(H,28,29)/b26-15-. The highest BCUT2D eigenvalue weighted by atomic mass is 79.9. The first-order chi connectivity index (χ1) is 14.7. The van der Waals surface area contributed by atoms with Crippen molar-refractivity contribution in [3.63, 3.8) is 0 Å². The quantitative estimate of drug-likeness (QED) is 0.312. The summed E-state index contributed by atoms with van der Waals surface area (Å²) in [6, 6.07) is 26.7. The van der Waals surface area contributed by atoms with Gasteiger partial charge >= 0.3 is 0 Å². The number of halogens is 1. The Labute approximate surface area is 182 Å². The van der Waals surface area contributed by atoms with Crippen LogP contribution in [0.5, 0.6) is 5.75 Å². The van der Waals surface area contributed by atoms with Crippen LogP contribution in [0.4, 0.5) is 0 Å². The summed E-state index contributed by atoms with van der Waals surface area (Å²) >= 11 is 3.35. The number of pyridine rings is 1. The summed E-state index contributed by atoms with van der Waals surface area (Å²) in [5.74, 6) is 0.414. The minimum absolute atomic E-state index is 0.286. The third kappa shape index (κ3) is 4.90. The second-order valence-electron chi connectivity index (χ2n) is 6.54. The number of benzene rings is 3. The molecule has 0 saturated carbocycles. The molecule has 0 radical (unpaired) electrons. The van der Waals surface area contributed by atoms with Gasteiger partial charge in [-0.1, -0.05) is 64.5 Å². The lowest BCUT2D eigenvalue weighted by atomic mass is 10.2. The molecule has 0 bridgehead atoms. The molecule has 6 heteroatoms. The predicted octanol–water partition coefficient (Wildman–Crippen LogP) is 5.34. The number of carbonyl (C=O) groups excluding carboxylic acids is 1. The minimum Gasteiger partial charge on any atom is -0.487 e. The molecule has 0 aliphatic rings. The van der Waals surface area contributed by atoms with Crippen molar-refractivity contribution in [2.75, 3.05) is 0 Å². The van der Waals surface area contributed by atoms with Gasteiger partial charge < -0.3 is 4.74 Å². The number of para-hydroxylation sites is 1. The maximum atomic E-state index is 12.2. The van der Waals surface area contributed by atoms with Crippen LogP contribution in [0.15, 0.2) is 94.5 Å². The molecule has 0 saturated heterocycles. The number of nitrogens with one attached hydrogen (secondary N) is 1. The second kappa shape index (κ2) is 9.33. The van der Waals surface area contributed by atoms with Crippen molar-refractivity contribution in [1.29, 1.82) is 0 Å². The van der Waals surface area contributed by atoms with Crippen LogP contribution in [0, 0.1) is 0 Å². The maximum Gasteiger partial charge on any atom is 0.271 e. The molecule has 1 amide bonds. The number of hydrogen-bond acceptors (Lipinski definition) is 4. The summed E-state index contributed by atoms with van der Waals surface area (Å²) in [7, 11) is 0. The maximum absolute atomic E-state index is 12.2.